The van der Waals surface area contributed by atoms with Crippen molar-refractivity contribution in [1.82, 2.24) is 30.5 Å². The van der Waals surface area contributed by atoms with Gasteiger partial charge in [-0.15, -0.1) is 11.6 Å². The smallest absolute Gasteiger partial charge is 0.346 e. The maximum Gasteiger partial charge on any atom is 0.409 e. The lowest BCUT2D eigenvalue weighted by Crippen LogP contribution is -2.70. The first-order valence-electron chi connectivity index (χ1n) is 13.8. The molecule has 0 aromatic rings. The van der Waals surface area contributed by atoms with Crippen molar-refractivity contribution in [3.63, 3.8) is 0 Å². The summed E-state index contributed by atoms with van der Waals surface area (Å²) < 4.78 is 43.0. The fourth-order valence-corrected chi connectivity index (χ4v) is 7.88. The molecule has 4 unspecified atom stereocenters. The molecule has 37 heavy (non-hydrogen) atoms. The van der Waals surface area contributed by atoms with E-state index in [4.69, 9.17) is 11.6 Å². The topological polar surface area (TPSA) is 71.2 Å². The monoisotopic (exact) mass is 548 g/mol. The highest BCUT2D eigenvalue weighted by Crippen LogP contribution is 2.41. The highest BCUT2D eigenvalue weighted by molar-refractivity contribution is 6.20. The van der Waals surface area contributed by atoms with Crippen LogP contribution in [0.15, 0.2) is 0 Å². The molecule has 1 aliphatic carbocycles. The van der Waals surface area contributed by atoms with E-state index >= 15 is 0 Å². The van der Waals surface area contributed by atoms with Gasteiger partial charge in [0.15, 0.2) is 0 Å². The zero-order valence-electron chi connectivity index (χ0n) is 21.7. The van der Waals surface area contributed by atoms with E-state index in [1.807, 2.05) is 0 Å². The number of likely N-dealkylation sites (tertiary alicyclic amines) is 2. The lowest BCUT2D eigenvalue weighted by atomic mass is 9.78. The van der Waals surface area contributed by atoms with Crippen molar-refractivity contribution in [2.75, 3.05) is 33.7 Å². The largest absolute Gasteiger partial charge is 0.409 e. The van der Waals surface area contributed by atoms with Crippen LogP contribution in [0.2, 0.25) is 0 Å². The summed E-state index contributed by atoms with van der Waals surface area (Å²) in [4.78, 5) is 30.1. The Morgan fingerprint density at radius 3 is 2.51 bits per heavy atom. The van der Waals surface area contributed by atoms with Gasteiger partial charge in [0.25, 0.3) is 0 Å². The van der Waals surface area contributed by atoms with E-state index in [1.54, 1.807) is 7.05 Å². The van der Waals surface area contributed by atoms with Crippen molar-refractivity contribution in [2.24, 2.45) is 11.8 Å². The molecule has 4 aliphatic heterocycles. The summed E-state index contributed by atoms with van der Waals surface area (Å²) in [5, 5.41) is 5.88. The Labute approximate surface area is 222 Å². The number of rotatable bonds is 4. The predicted octanol–water partition coefficient (Wildman–Crippen LogP) is 2.34. The zero-order chi connectivity index (χ0) is 26.5. The number of nitrogens with zero attached hydrogens (tertiary/aromatic N) is 4. The minimum Gasteiger partial charge on any atom is -0.346 e. The number of piperidine rings is 2. The third kappa shape index (κ3) is 5.48. The Morgan fingerprint density at radius 1 is 1.11 bits per heavy atom. The van der Waals surface area contributed by atoms with E-state index in [-0.39, 0.29) is 30.0 Å². The van der Waals surface area contributed by atoms with E-state index in [1.165, 1.54) is 11.9 Å². The molecule has 4 heterocycles. The van der Waals surface area contributed by atoms with Crippen molar-refractivity contribution in [3.05, 3.63) is 0 Å². The Kier molecular flexibility index (Phi) is 8.00. The van der Waals surface area contributed by atoms with Crippen molar-refractivity contribution >= 4 is 23.4 Å². The van der Waals surface area contributed by atoms with Crippen LogP contribution in [0.4, 0.5) is 13.2 Å². The van der Waals surface area contributed by atoms with Gasteiger partial charge in [-0.2, -0.15) is 13.2 Å². The lowest BCUT2D eigenvalue weighted by Gasteiger charge is -2.53. The maximum atomic E-state index is 14.3. The van der Waals surface area contributed by atoms with Crippen LogP contribution in [-0.2, 0) is 9.59 Å². The number of halogens is 4. The van der Waals surface area contributed by atoms with Gasteiger partial charge in [0.05, 0.1) is 11.7 Å². The first kappa shape index (κ1) is 27.4. The number of carbonyl (C=O) groups is 2. The second kappa shape index (κ2) is 10.8. The summed E-state index contributed by atoms with van der Waals surface area (Å²) in [5.41, 5.74) is 3.32. The summed E-state index contributed by atoms with van der Waals surface area (Å²) >= 11 is 6.35. The number of nitrogens with one attached hydrogen (secondary N) is 2. The van der Waals surface area contributed by atoms with Gasteiger partial charge in [0.1, 0.15) is 6.04 Å². The minimum absolute atomic E-state index is 0.0141. The third-order valence-corrected chi connectivity index (χ3v) is 9.80. The van der Waals surface area contributed by atoms with Crippen LogP contribution in [0.25, 0.3) is 0 Å². The molecule has 2 amide bonds. The summed E-state index contributed by atoms with van der Waals surface area (Å²) in [7, 11) is 2.94. The molecule has 5 aliphatic rings. The Morgan fingerprint density at radius 2 is 1.84 bits per heavy atom. The second-order valence-corrected chi connectivity index (χ2v) is 12.2. The van der Waals surface area contributed by atoms with Gasteiger partial charge < -0.3 is 9.80 Å². The van der Waals surface area contributed by atoms with Crippen molar-refractivity contribution in [3.8, 4) is 0 Å². The van der Waals surface area contributed by atoms with Crippen LogP contribution in [0.3, 0.4) is 0 Å². The SMILES string of the molecule is CN1CC[C@@H](C(=O)N(C)[C@@H](C2CCC(N3CCCC4C3CNC3CC(Cl)NN34)CC2)C(F)(F)F)CC1=O. The Bertz CT molecular complexity index is 857. The third-order valence-electron chi connectivity index (χ3n) is 9.53. The average Bonchev–Trinajstić information content (AvgIpc) is 3.25. The molecule has 5 fully saturated rings. The lowest BCUT2D eigenvalue weighted by molar-refractivity contribution is -0.203. The van der Waals surface area contributed by atoms with E-state index in [0.29, 0.717) is 50.7 Å². The van der Waals surface area contributed by atoms with Crippen LogP contribution >= 0.6 is 11.6 Å². The molecule has 8 nitrogen and oxygen atoms in total. The highest BCUT2D eigenvalue weighted by Gasteiger charge is 2.52. The molecule has 4 saturated heterocycles. The molecule has 0 aromatic heterocycles. The Balaban J connectivity index is 1.22. The standard InChI is InChI=1S/C25H40ClF3N6O2/c1-32-11-9-16(12-22(32)36)24(37)33(2)23(25(27,28)29)15-5-7-17(8-6-15)34-10-3-4-18-19(34)14-30-21-13-20(26)31-35(18)21/h15-21,23,30-31H,3-14H2,1-2H3/t15?,16-,17?,18?,19?,20?,21?,23+/m1/s1. The number of fused-ring (bicyclic) bond motifs is 3. The highest BCUT2D eigenvalue weighted by atomic mass is 35.5. The molecule has 12 heteroatoms. The number of hydrogen-bond donors (Lipinski definition) is 2. The van der Waals surface area contributed by atoms with Gasteiger partial charge in [-0.1, -0.05) is 0 Å². The van der Waals surface area contributed by atoms with Gasteiger partial charge in [0, 0.05) is 64.1 Å². The van der Waals surface area contributed by atoms with Crippen LogP contribution in [0.5, 0.6) is 0 Å². The summed E-state index contributed by atoms with van der Waals surface area (Å²) in [5.74, 6) is -2.03. The first-order valence-corrected chi connectivity index (χ1v) is 14.2. The van der Waals surface area contributed by atoms with Crippen molar-refractivity contribution < 1.29 is 22.8 Å². The number of alkyl halides is 4. The fourth-order valence-electron chi connectivity index (χ4n) is 7.60. The molecule has 210 valence electrons. The average molecular weight is 549 g/mol. The number of carbonyl (C=O) groups excluding carboxylic acids is 2. The Hall–Kier alpha value is -1.14. The van der Waals surface area contributed by atoms with Crippen LogP contribution in [0.1, 0.15) is 57.8 Å². The molecule has 5 rings (SSSR count). The van der Waals surface area contributed by atoms with Crippen LogP contribution < -0.4 is 10.7 Å². The normalized spacial score (nSPS) is 38.7. The number of hydrogen-bond acceptors (Lipinski definition) is 6. The molecular weight excluding hydrogens is 509 g/mol. The molecule has 0 aromatic carbocycles. The van der Waals surface area contributed by atoms with Gasteiger partial charge >= 0.3 is 6.18 Å². The zero-order valence-corrected chi connectivity index (χ0v) is 22.5. The number of hydrazine groups is 1. The van der Waals surface area contributed by atoms with Gasteiger partial charge in [-0.05, 0) is 57.4 Å². The summed E-state index contributed by atoms with van der Waals surface area (Å²) in [6, 6.07) is -0.898. The first-order chi connectivity index (χ1) is 17.5. The quantitative estimate of drug-likeness (QED) is 0.415. The summed E-state index contributed by atoms with van der Waals surface area (Å²) in [6.45, 7) is 2.23. The van der Waals surface area contributed by atoms with Crippen LogP contribution in [-0.4, -0.2) is 107 Å². The fraction of sp³-hybridized carbons (Fsp3) is 0.920. The van der Waals surface area contributed by atoms with Gasteiger partial charge in [-0.25, -0.2) is 10.4 Å². The molecule has 1 saturated carbocycles. The second-order valence-electron chi connectivity index (χ2n) is 11.7. The van der Waals surface area contributed by atoms with E-state index in [0.717, 1.165) is 37.3 Å². The molecular formula is C25H40ClF3N6O2. The number of amides is 2. The molecule has 2 N–H and O–H groups in total. The van der Waals surface area contributed by atoms with Crippen molar-refractivity contribution in [2.45, 2.75) is 99.8 Å². The molecule has 0 radical (unpaired) electrons. The van der Waals surface area contributed by atoms with E-state index < -0.39 is 30.0 Å². The van der Waals surface area contributed by atoms with Gasteiger partial charge in [-0.3, -0.25) is 19.8 Å². The van der Waals surface area contributed by atoms with Crippen molar-refractivity contribution in [1.29, 1.82) is 0 Å². The van der Waals surface area contributed by atoms with Gasteiger partial charge in [0.2, 0.25) is 11.8 Å². The molecule has 0 bridgehead atoms. The van der Waals surface area contributed by atoms with E-state index in [9.17, 15) is 22.8 Å². The molecule has 6 atom stereocenters. The van der Waals surface area contributed by atoms with Crippen LogP contribution in [0, 0.1) is 11.8 Å². The summed E-state index contributed by atoms with van der Waals surface area (Å²) in [6.07, 6.45) is 1.41. The predicted molar refractivity (Wildman–Crippen MR) is 133 cm³/mol. The van der Waals surface area contributed by atoms with E-state index in [2.05, 4.69) is 20.7 Å². The maximum absolute atomic E-state index is 14.3. The molecule has 0 spiro atoms. The minimum atomic E-state index is -4.50.